The molecule has 0 bridgehead atoms. The molecule has 2 N–H and O–H groups in total. The second kappa shape index (κ2) is 8.91. The van der Waals surface area contributed by atoms with Crippen LogP contribution in [0.5, 0.6) is 5.75 Å². The van der Waals surface area contributed by atoms with E-state index in [0.717, 1.165) is 17.7 Å². The average Bonchev–Trinajstić information content (AvgIpc) is 2.96. The van der Waals surface area contributed by atoms with Gasteiger partial charge < -0.3 is 4.74 Å². The maximum atomic E-state index is 12.4. The molecule has 9 nitrogen and oxygen atoms in total. The SMILES string of the molecule is CCOc1ccc(S(=O)(=O)NNC(=O)CCN2C(=O)[C@H]3CCCC[C@H]3C2=O)cc1. The lowest BCUT2D eigenvalue weighted by molar-refractivity contribution is -0.140. The summed E-state index contributed by atoms with van der Waals surface area (Å²) in [7, 11) is -3.95. The predicted octanol–water partition coefficient (Wildman–Crippen LogP) is 0.960. The molecule has 2 fully saturated rings. The van der Waals surface area contributed by atoms with Gasteiger partial charge in [0, 0.05) is 13.0 Å². The standard InChI is InChI=1S/C19H25N3O6S/c1-2-28-13-7-9-14(10-8-13)29(26,27)21-20-17(23)11-12-22-18(24)15-5-3-4-6-16(15)19(22)25/h7-10,15-16,21H,2-6,11-12H2,1H3,(H,20,23)/t15-,16+. The molecule has 10 heteroatoms. The number of carbonyl (C=O) groups excluding carboxylic acids is 3. The third kappa shape index (κ3) is 4.76. The molecule has 0 aromatic heterocycles. The molecule has 1 saturated carbocycles. The largest absolute Gasteiger partial charge is 0.494 e. The number of rotatable bonds is 8. The van der Waals surface area contributed by atoms with Gasteiger partial charge in [0.2, 0.25) is 17.7 Å². The summed E-state index contributed by atoms with van der Waals surface area (Å²) in [6, 6.07) is 5.76. The van der Waals surface area contributed by atoms with E-state index in [1.54, 1.807) is 0 Å². The summed E-state index contributed by atoms with van der Waals surface area (Å²) in [6.07, 6.45) is 3.10. The van der Waals surface area contributed by atoms with E-state index in [1.807, 2.05) is 11.8 Å². The van der Waals surface area contributed by atoms with Crippen LogP contribution >= 0.6 is 0 Å². The van der Waals surface area contributed by atoms with E-state index < -0.39 is 15.9 Å². The van der Waals surface area contributed by atoms with Gasteiger partial charge in [-0.3, -0.25) is 24.7 Å². The molecule has 0 radical (unpaired) electrons. The molecule has 29 heavy (non-hydrogen) atoms. The van der Waals surface area contributed by atoms with Crippen LogP contribution in [0.1, 0.15) is 39.0 Å². The lowest BCUT2D eigenvalue weighted by atomic mass is 9.81. The zero-order valence-corrected chi connectivity index (χ0v) is 17.0. The van der Waals surface area contributed by atoms with Gasteiger partial charge in [0.25, 0.3) is 10.0 Å². The molecule has 2 atom stereocenters. The quantitative estimate of drug-likeness (QED) is 0.474. The number of carbonyl (C=O) groups is 3. The maximum absolute atomic E-state index is 12.4. The fourth-order valence-electron chi connectivity index (χ4n) is 3.79. The number of nitrogens with zero attached hydrogens (tertiary/aromatic N) is 1. The van der Waals surface area contributed by atoms with Gasteiger partial charge in [-0.1, -0.05) is 12.8 Å². The number of hydrogen-bond donors (Lipinski definition) is 2. The number of imide groups is 1. The number of sulfonamides is 1. The minimum atomic E-state index is -3.95. The van der Waals surface area contributed by atoms with Crippen molar-refractivity contribution < 1.29 is 27.5 Å². The molecular formula is C19H25N3O6S. The second-order valence-electron chi connectivity index (χ2n) is 7.13. The van der Waals surface area contributed by atoms with Crippen LogP contribution in [0.4, 0.5) is 0 Å². The summed E-state index contributed by atoms with van der Waals surface area (Å²) in [5.74, 6) is -1.06. The first-order valence-electron chi connectivity index (χ1n) is 9.72. The number of amides is 3. The molecule has 1 aliphatic heterocycles. The van der Waals surface area contributed by atoms with E-state index >= 15 is 0 Å². The van der Waals surface area contributed by atoms with Crippen LogP contribution in [0.2, 0.25) is 0 Å². The van der Waals surface area contributed by atoms with Crippen molar-refractivity contribution in [3.05, 3.63) is 24.3 Å². The van der Waals surface area contributed by atoms with Gasteiger partial charge in [0.05, 0.1) is 23.3 Å². The van der Waals surface area contributed by atoms with Crippen molar-refractivity contribution in [2.45, 2.75) is 43.9 Å². The smallest absolute Gasteiger partial charge is 0.257 e. The number of likely N-dealkylation sites (tertiary alicyclic amines) is 1. The third-order valence-electron chi connectivity index (χ3n) is 5.26. The van der Waals surface area contributed by atoms with Crippen LogP contribution in [-0.4, -0.2) is 44.2 Å². The monoisotopic (exact) mass is 423 g/mol. The molecule has 1 aliphatic carbocycles. The van der Waals surface area contributed by atoms with Gasteiger partial charge in [-0.2, -0.15) is 0 Å². The first kappa shape index (κ1) is 21.3. The number of hydrogen-bond acceptors (Lipinski definition) is 6. The van der Waals surface area contributed by atoms with E-state index in [2.05, 4.69) is 5.43 Å². The third-order valence-corrected chi connectivity index (χ3v) is 6.53. The van der Waals surface area contributed by atoms with Crippen molar-refractivity contribution in [2.75, 3.05) is 13.2 Å². The van der Waals surface area contributed by atoms with E-state index in [4.69, 9.17) is 4.74 Å². The zero-order valence-electron chi connectivity index (χ0n) is 16.2. The summed E-state index contributed by atoms with van der Waals surface area (Å²) in [5.41, 5.74) is 2.12. The van der Waals surface area contributed by atoms with Gasteiger partial charge in [-0.05, 0) is 44.0 Å². The van der Waals surface area contributed by atoms with E-state index in [9.17, 15) is 22.8 Å². The second-order valence-corrected chi connectivity index (χ2v) is 8.82. The Labute approximate surface area is 169 Å². The van der Waals surface area contributed by atoms with Crippen molar-refractivity contribution in [3.8, 4) is 5.75 Å². The highest BCUT2D eigenvalue weighted by molar-refractivity contribution is 7.89. The molecule has 0 spiro atoms. The van der Waals surface area contributed by atoms with Crippen LogP contribution in [-0.2, 0) is 24.4 Å². The first-order chi connectivity index (χ1) is 13.8. The van der Waals surface area contributed by atoms with Crippen molar-refractivity contribution in [1.82, 2.24) is 15.2 Å². The number of hydrazine groups is 1. The van der Waals surface area contributed by atoms with E-state index in [-0.39, 0.29) is 41.5 Å². The van der Waals surface area contributed by atoms with Crippen LogP contribution in [0.3, 0.4) is 0 Å². The van der Waals surface area contributed by atoms with Crippen molar-refractivity contribution in [1.29, 1.82) is 0 Å². The van der Waals surface area contributed by atoms with Crippen LogP contribution in [0.25, 0.3) is 0 Å². The normalized spacial score (nSPS) is 21.8. The highest BCUT2D eigenvalue weighted by atomic mass is 32.2. The van der Waals surface area contributed by atoms with Crippen molar-refractivity contribution >= 4 is 27.7 Å². The first-order valence-corrected chi connectivity index (χ1v) is 11.2. The molecule has 1 aromatic carbocycles. The van der Waals surface area contributed by atoms with E-state index in [0.29, 0.717) is 25.2 Å². The highest BCUT2D eigenvalue weighted by Crippen LogP contribution is 2.37. The average molecular weight is 423 g/mol. The van der Waals surface area contributed by atoms with Crippen LogP contribution in [0, 0.1) is 11.8 Å². The molecule has 158 valence electrons. The Morgan fingerprint density at radius 3 is 2.24 bits per heavy atom. The molecule has 0 unspecified atom stereocenters. The molecule has 1 saturated heterocycles. The summed E-state index contributed by atoms with van der Waals surface area (Å²) in [6.45, 7) is 2.23. The minimum absolute atomic E-state index is 0.0322. The summed E-state index contributed by atoms with van der Waals surface area (Å²) in [5, 5.41) is 0. The molecule has 3 amide bonds. The van der Waals surface area contributed by atoms with Crippen molar-refractivity contribution in [3.63, 3.8) is 0 Å². The number of fused-ring (bicyclic) bond motifs is 1. The van der Waals surface area contributed by atoms with Crippen LogP contribution in [0.15, 0.2) is 29.2 Å². The number of benzene rings is 1. The van der Waals surface area contributed by atoms with Gasteiger partial charge >= 0.3 is 0 Å². The summed E-state index contributed by atoms with van der Waals surface area (Å²) < 4.78 is 29.8. The molecule has 3 rings (SSSR count). The number of ether oxygens (including phenoxy) is 1. The van der Waals surface area contributed by atoms with Gasteiger partial charge in [0.15, 0.2) is 0 Å². The topological polar surface area (TPSA) is 122 Å². The Morgan fingerprint density at radius 2 is 1.69 bits per heavy atom. The minimum Gasteiger partial charge on any atom is -0.494 e. The Kier molecular flexibility index (Phi) is 6.53. The predicted molar refractivity (Wildman–Crippen MR) is 103 cm³/mol. The summed E-state index contributed by atoms with van der Waals surface area (Å²) >= 11 is 0. The fourth-order valence-corrected chi connectivity index (χ4v) is 4.65. The molecule has 1 aromatic rings. The Balaban J connectivity index is 1.50. The Bertz CT molecular complexity index is 860. The van der Waals surface area contributed by atoms with Gasteiger partial charge in [-0.25, -0.2) is 8.42 Å². The molecule has 1 heterocycles. The highest BCUT2D eigenvalue weighted by Gasteiger charge is 2.47. The maximum Gasteiger partial charge on any atom is 0.257 e. The number of nitrogens with one attached hydrogen (secondary N) is 2. The van der Waals surface area contributed by atoms with Crippen molar-refractivity contribution in [2.24, 2.45) is 11.8 Å². The molecule has 2 aliphatic rings. The fraction of sp³-hybridized carbons (Fsp3) is 0.526. The van der Waals surface area contributed by atoms with Gasteiger partial charge in [-0.15, -0.1) is 4.83 Å². The van der Waals surface area contributed by atoms with Crippen LogP contribution < -0.4 is 15.0 Å². The van der Waals surface area contributed by atoms with E-state index in [1.165, 1.54) is 24.3 Å². The summed E-state index contributed by atoms with van der Waals surface area (Å²) in [4.78, 5) is 39.9. The zero-order chi connectivity index (χ0) is 21.0. The lowest BCUT2D eigenvalue weighted by Gasteiger charge is -2.19. The van der Waals surface area contributed by atoms with Gasteiger partial charge in [0.1, 0.15) is 5.75 Å². The Morgan fingerprint density at radius 1 is 1.10 bits per heavy atom. The Hall–Kier alpha value is -2.46. The lowest BCUT2D eigenvalue weighted by Crippen LogP contribution is -2.43. The molecular weight excluding hydrogens is 398 g/mol.